The molecule has 0 aromatic carbocycles. The van der Waals surface area contributed by atoms with E-state index in [1.807, 2.05) is 0 Å². The van der Waals surface area contributed by atoms with E-state index >= 15 is 0 Å². The van der Waals surface area contributed by atoms with E-state index in [0.29, 0.717) is 6.04 Å². The molecular formula is C13H25N. The van der Waals surface area contributed by atoms with E-state index in [-0.39, 0.29) is 0 Å². The first kappa shape index (κ1) is 11.8. The van der Waals surface area contributed by atoms with Gasteiger partial charge in [0.25, 0.3) is 0 Å². The summed E-state index contributed by atoms with van der Waals surface area (Å²) >= 11 is 0. The van der Waals surface area contributed by atoms with Gasteiger partial charge in [0.2, 0.25) is 0 Å². The zero-order valence-electron chi connectivity index (χ0n) is 9.97. The van der Waals surface area contributed by atoms with Crippen LogP contribution in [0.5, 0.6) is 0 Å². The molecule has 1 N–H and O–H groups in total. The molecule has 1 rings (SSSR count). The van der Waals surface area contributed by atoms with Crippen LogP contribution in [0.1, 0.15) is 46.0 Å². The molecular weight excluding hydrogens is 170 g/mol. The van der Waals surface area contributed by atoms with Gasteiger partial charge in [0.1, 0.15) is 0 Å². The summed E-state index contributed by atoms with van der Waals surface area (Å²) in [5.74, 6) is 1.78. The molecule has 1 aliphatic rings. The summed E-state index contributed by atoms with van der Waals surface area (Å²) in [5.41, 5.74) is 1.39. The predicted octanol–water partition coefficient (Wildman–Crippen LogP) is 3.37. The Morgan fingerprint density at radius 1 is 1.50 bits per heavy atom. The van der Waals surface area contributed by atoms with Crippen molar-refractivity contribution in [3.05, 3.63) is 12.2 Å². The molecule has 1 aliphatic carbocycles. The van der Waals surface area contributed by atoms with Crippen LogP contribution in [0.4, 0.5) is 0 Å². The lowest BCUT2D eigenvalue weighted by atomic mass is 9.86. The molecule has 0 aromatic rings. The van der Waals surface area contributed by atoms with E-state index in [2.05, 4.69) is 32.8 Å². The largest absolute Gasteiger partial charge is 0.316 e. The highest BCUT2D eigenvalue weighted by atomic mass is 14.9. The predicted molar refractivity (Wildman–Crippen MR) is 63.4 cm³/mol. The maximum atomic E-state index is 4.12. The zero-order valence-corrected chi connectivity index (χ0v) is 9.97. The molecule has 0 bridgehead atoms. The average molecular weight is 195 g/mol. The third-order valence-corrected chi connectivity index (χ3v) is 3.82. The van der Waals surface area contributed by atoms with Crippen LogP contribution in [0, 0.1) is 11.8 Å². The molecule has 3 unspecified atom stereocenters. The van der Waals surface area contributed by atoms with Gasteiger partial charge in [-0.3, -0.25) is 0 Å². The second-order valence-electron chi connectivity index (χ2n) is 4.77. The maximum Gasteiger partial charge on any atom is 0.0132 e. The molecule has 0 radical (unpaired) electrons. The van der Waals surface area contributed by atoms with Crippen molar-refractivity contribution in [2.24, 2.45) is 11.8 Å². The second kappa shape index (κ2) is 5.55. The molecule has 0 aromatic heterocycles. The Hall–Kier alpha value is -0.300. The molecule has 1 nitrogen and oxygen atoms in total. The van der Waals surface area contributed by atoms with Crippen molar-refractivity contribution >= 4 is 0 Å². The van der Waals surface area contributed by atoms with Gasteiger partial charge in [-0.25, -0.2) is 0 Å². The Bertz CT molecular complexity index is 186. The summed E-state index contributed by atoms with van der Waals surface area (Å²) in [4.78, 5) is 0. The molecule has 0 heterocycles. The minimum atomic E-state index is 0.667. The van der Waals surface area contributed by atoms with E-state index in [0.717, 1.165) is 18.3 Å². The summed E-state index contributed by atoms with van der Waals surface area (Å²) in [5, 5.41) is 3.48. The van der Waals surface area contributed by atoms with Crippen LogP contribution < -0.4 is 5.32 Å². The maximum absolute atomic E-state index is 4.12. The van der Waals surface area contributed by atoms with Crippen molar-refractivity contribution in [2.75, 3.05) is 7.05 Å². The Morgan fingerprint density at radius 3 is 2.64 bits per heavy atom. The Kier molecular flexibility index (Phi) is 4.67. The molecule has 3 atom stereocenters. The zero-order chi connectivity index (χ0) is 10.6. The number of hydrogen-bond donors (Lipinski definition) is 1. The van der Waals surface area contributed by atoms with Gasteiger partial charge in [0.15, 0.2) is 0 Å². The topological polar surface area (TPSA) is 12.0 Å². The van der Waals surface area contributed by atoms with E-state index in [1.165, 1.54) is 31.3 Å². The van der Waals surface area contributed by atoms with Gasteiger partial charge in [0.05, 0.1) is 0 Å². The standard InChI is InChI=1S/C13H25N/c1-5-10(2)9-13(14-4)12-8-6-7-11(12)3/h11-14H,2,5-9H2,1,3-4H3. The van der Waals surface area contributed by atoms with Gasteiger partial charge < -0.3 is 5.32 Å². The van der Waals surface area contributed by atoms with Crippen molar-refractivity contribution in [2.45, 2.75) is 52.0 Å². The summed E-state index contributed by atoms with van der Waals surface area (Å²) in [7, 11) is 2.10. The summed E-state index contributed by atoms with van der Waals surface area (Å²) in [6.45, 7) is 8.72. The average Bonchev–Trinajstić information content (AvgIpc) is 2.60. The summed E-state index contributed by atoms with van der Waals surface area (Å²) in [6.07, 6.45) is 6.54. The number of hydrogen-bond acceptors (Lipinski definition) is 1. The smallest absolute Gasteiger partial charge is 0.0132 e. The summed E-state index contributed by atoms with van der Waals surface area (Å²) in [6, 6.07) is 0.667. The molecule has 0 spiro atoms. The minimum absolute atomic E-state index is 0.667. The van der Waals surface area contributed by atoms with Gasteiger partial charge in [-0.1, -0.05) is 38.8 Å². The third-order valence-electron chi connectivity index (χ3n) is 3.82. The van der Waals surface area contributed by atoms with Gasteiger partial charge >= 0.3 is 0 Å². The van der Waals surface area contributed by atoms with E-state index < -0.39 is 0 Å². The van der Waals surface area contributed by atoms with E-state index in [4.69, 9.17) is 0 Å². The lowest BCUT2D eigenvalue weighted by Crippen LogP contribution is -2.35. The highest BCUT2D eigenvalue weighted by molar-refractivity contribution is 4.99. The molecule has 1 fully saturated rings. The molecule has 14 heavy (non-hydrogen) atoms. The van der Waals surface area contributed by atoms with Gasteiger partial charge in [0, 0.05) is 6.04 Å². The van der Waals surface area contributed by atoms with Crippen molar-refractivity contribution in [1.82, 2.24) is 5.32 Å². The molecule has 82 valence electrons. The lowest BCUT2D eigenvalue weighted by molar-refractivity contribution is 0.307. The van der Waals surface area contributed by atoms with Crippen molar-refractivity contribution in [3.63, 3.8) is 0 Å². The van der Waals surface area contributed by atoms with Crippen LogP contribution in [-0.2, 0) is 0 Å². The highest BCUT2D eigenvalue weighted by Gasteiger charge is 2.29. The SMILES string of the molecule is C=C(CC)CC(NC)C1CCCC1C. The number of rotatable bonds is 5. The monoisotopic (exact) mass is 195 g/mol. The van der Waals surface area contributed by atoms with Gasteiger partial charge in [-0.05, 0) is 38.1 Å². The Balaban J connectivity index is 2.48. The van der Waals surface area contributed by atoms with Crippen molar-refractivity contribution in [1.29, 1.82) is 0 Å². The van der Waals surface area contributed by atoms with Gasteiger partial charge in [-0.15, -0.1) is 0 Å². The highest BCUT2D eigenvalue weighted by Crippen LogP contribution is 2.35. The molecule has 0 saturated heterocycles. The van der Waals surface area contributed by atoms with E-state index in [1.54, 1.807) is 0 Å². The first-order chi connectivity index (χ1) is 6.69. The Morgan fingerprint density at radius 2 is 2.21 bits per heavy atom. The fourth-order valence-electron chi connectivity index (χ4n) is 2.69. The molecule has 0 aliphatic heterocycles. The van der Waals surface area contributed by atoms with Crippen LogP contribution in [0.25, 0.3) is 0 Å². The van der Waals surface area contributed by atoms with Crippen LogP contribution >= 0.6 is 0 Å². The van der Waals surface area contributed by atoms with Crippen LogP contribution in [0.15, 0.2) is 12.2 Å². The van der Waals surface area contributed by atoms with E-state index in [9.17, 15) is 0 Å². The Labute approximate surface area is 89.0 Å². The fourth-order valence-corrected chi connectivity index (χ4v) is 2.69. The molecule has 1 saturated carbocycles. The lowest BCUT2D eigenvalue weighted by Gasteiger charge is -2.27. The third kappa shape index (κ3) is 2.84. The fraction of sp³-hybridized carbons (Fsp3) is 0.846. The second-order valence-corrected chi connectivity index (χ2v) is 4.77. The van der Waals surface area contributed by atoms with Crippen molar-refractivity contribution < 1.29 is 0 Å². The first-order valence-corrected chi connectivity index (χ1v) is 6.03. The molecule has 0 amide bonds. The first-order valence-electron chi connectivity index (χ1n) is 6.03. The molecule has 1 heteroatoms. The quantitative estimate of drug-likeness (QED) is 0.663. The van der Waals surface area contributed by atoms with Crippen LogP contribution in [0.2, 0.25) is 0 Å². The summed E-state index contributed by atoms with van der Waals surface area (Å²) < 4.78 is 0. The van der Waals surface area contributed by atoms with Gasteiger partial charge in [-0.2, -0.15) is 0 Å². The normalized spacial score (nSPS) is 29.1. The number of nitrogens with one attached hydrogen (secondary N) is 1. The minimum Gasteiger partial charge on any atom is -0.316 e. The van der Waals surface area contributed by atoms with Crippen LogP contribution in [-0.4, -0.2) is 13.1 Å². The van der Waals surface area contributed by atoms with Crippen molar-refractivity contribution in [3.8, 4) is 0 Å². The van der Waals surface area contributed by atoms with Crippen LogP contribution in [0.3, 0.4) is 0 Å².